The molecule has 0 atom stereocenters. The predicted octanol–water partition coefficient (Wildman–Crippen LogP) is 5.61. The van der Waals surface area contributed by atoms with Gasteiger partial charge in [-0.05, 0) is 61.5 Å². The van der Waals surface area contributed by atoms with Gasteiger partial charge in [-0.3, -0.25) is 0 Å². The molecule has 3 rings (SSSR count). The van der Waals surface area contributed by atoms with Crippen molar-refractivity contribution in [3.05, 3.63) is 71.8 Å². The molecule has 2 aromatic carbocycles. The largest absolute Gasteiger partial charge is 0.573 e. The Hall–Kier alpha value is -4.26. The quantitative estimate of drug-likeness (QED) is 0.437. The molecule has 0 unspecified atom stereocenters. The van der Waals surface area contributed by atoms with Crippen molar-refractivity contribution in [2.75, 3.05) is 6.61 Å². The SMILES string of the molecule is CCOC(=O)c1ccc(Oc2ccc(OC(F)(F)F)cc2)nc1Oc1ccc(C#N)cc1. The van der Waals surface area contributed by atoms with Gasteiger partial charge in [-0.2, -0.15) is 10.2 Å². The van der Waals surface area contributed by atoms with Crippen LogP contribution in [0.15, 0.2) is 60.7 Å². The first kappa shape index (κ1) is 22.4. The van der Waals surface area contributed by atoms with Crippen LogP contribution < -0.4 is 14.2 Å². The molecule has 0 aliphatic heterocycles. The minimum atomic E-state index is -4.80. The van der Waals surface area contributed by atoms with Gasteiger partial charge in [-0.15, -0.1) is 13.2 Å². The lowest BCUT2D eigenvalue weighted by Gasteiger charge is -2.12. The third-order valence-electron chi connectivity index (χ3n) is 3.81. The van der Waals surface area contributed by atoms with Gasteiger partial charge in [0.1, 0.15) is 22.8 Å². The third kappa shape index (κ3) is 6.12. The maximum Gasteiger partial charge on any atom is 0.573 e. The van der Waals surface area contributed by atoms with Crippen molar-refractivity contribution < 1.29 is 36.9 Å². The van der Waals surface area contributed by atoms with Gasteiger partial charge in [0, 0.05) is 6.07 Å². The van der Waals surface area contributed by atoms with Crippen molar-refractivity contribution in [2.24, 2.45) is 0 Å². The molecule has 0 N–H and O–H groups in total. The van der Waals surface area contributed by atoms with Crippen molar-refractivity contribution in [2.45, 2.75) is 13.3 Å². The lowest BCUT2D eigenvalue weighted by Crippen LogP contribution is -2.16. The smallest absolute Gasteiger partial charge is 0.462 e. The van der Waals surface area contributed by atoms with E-state index in [1.807, 2.05) is 6.07 Å². The summed E-state index contributed by atoms with van der Waals surface area (Å²) >= 11 is 0. The Bertz CT molecular complexity index is 1120. The Balaban J connectivity index is 1.84. The van der Waals surface area contributed by atoms with Gasteiger partial charge in [0.2, 0.25) is 11.8 Å². The van der Waals surface area contributed by atoms with Gasteiger partial charge < -0.3 is 18.9 Å². The summed E-state index contributed by atoms with van der Waals surface area (Å²) in [4.78, 5) is 16.4. The highest BCUT2D eigenvalue weighted by molar-refractivity contribution is 5.92. The average molecular weight is 444 g/mol. The number of carbonyl (C=O) groups is 1. The average Bonchev–Trinajstić information content (AvgIpc) is 2.75. The van der Waals surface area contributed by atoms with Crippen LogP contribution in [0.25, 0.3) is 0 Å². The molecule has 32 heavy (non-hydrogen) atoms. The zero-order chi connectivity index (χ0) is 23.1. The first-order valence-corrected chi connectivity index (χ1v) is 9.17. The second-order valence-electron chi connectivity index (χ2n) is 6.08. The molecule has 0 radical (unpaired) electrons. The molecule has 0 aliphatic carbocycles. The molecular weight excluding hydrogens is 429 g/mol. The van der Waals surface area contributed by atoms with Crippen LogP contribution in [-0.2, 0) is 4.74 Å². The topological polar surface area (TPSA) is 90.7 Å². The summed E-state index contributed by atoms with van der Waals surface area (Å²) in [7, 11) is 0. The van der Waals surface area contributed by atoms with Gasteiger partial charge in [0.05, 0.1) is 18.2 Å². The van der Waals surface area contributed by atoms with Gasteiger partial charge >= 0.3 is 12.3 Å². The number of rotatable bonds is 7. The molecular formula is C22H15F3N2O5. The van der Waals surface area contributed by atoms with Crippen LogP contribution in [0.1, 0.15) is 22.8 Å². The Morgan fingerprint density at radius 2 is 1.53 bits per heavy atom. The minimum absolute atomic E-state index is 0.0196. The van der Waals surface area contributed by atoms with E-state index in [0.717, 1.165) is 12.1 Å². The van der Waals surface area contributed by atoms with E-state index in [1.54, 1.807) is 6.92 Å². The lowest BCUT2D eigenvalue weighted by atomic mass is 10.2. The van der Waals surface area contributed by atoms with Crippen molar-refractivity contribution in [3.8, 4) is 35.1 Å². The number of nitrogens with zero attached hydrogens (tertiary/aromatic N) is 2. The second-order valence-corrected chi connectivity index (χ2v) is 6.08. The molecule has 0 fully saturated rings. The number of carbonyl (C=O) groups excluding carboxylic acids is 1. The van der Waals surface area contributed by atoms with Crippen LogP contribution in [0.4, 0.5) is 13.2 Å². The van der Waals surface area contributed by atoms with E-state index in [0.29, 0.717) is 11.3 Å². The molecule has 164 valence electrons. The van der Waals surface area contributed by atoms with Crippen molar-refractivity contribution in [3.63, 3.8) is 0 Å². The molecule has 0 aliphatic rings. The molecule has 1 heterocycles. The third-order valence-corrected chi connectivity index (χ3v) is 3.81. The molecule has 0 saturated heterocycles. The number of esters is 1. The van der Waals surface area contributed by atoms with Crippen LogP contribution in [0.5, 0.6) is 29.0 Å². The molecule has 10 heteroatoms. The molecule has 1 aromatic heterocycles. The first-order valence-electron chi connectivity index (χ1n) is 9.17. The number of benzene rings is 2. The first-order chi connectivity index (χ1) is 15.3. The number of pyridine rings is 1. The fraction of sp³-hybridized carbons (Fsp3) is 0.136. The van der Waals surface area contributed by atoms with Crippen LogP contribution in [0.2, 0.25) is 0 Å². The van der Waals surface area contributed by atoms with E-state index in [9.17, 15) is 18.0 Å². The summed E-state index contributed by atoms with van der Waals surface area (Å²) in [6, 6.07) is 15.6. The zero-order valence-electron chi connectivity index (χ0n) is 16.6. The van der Waals surface area contributed by atoms with Crippen LogP contribution in [0.3, 0.4) is 0 Å². The maximum absolute atomic E-state index is 12.3. The summed E-state index contributed by atoms with van der Waals surface area (Å²) in [6.45, 7) is 1.79. The predicted molar refractivity (Wildman–Crippen MR) is 105 cm³/mol. The van der Waals surface area contributed by atoms with Gasteiger partial charge in [0.15, 0.2) is 0 Å². The zero-order valence-corrected chi connectivity index (χ0v) is 16.6. The lowest BCUT2D eigenvalue weighted by molar-refractivity contribution is -0.274. The number of alkyl halides is 3. The summed E-state index contributed by atoms with van der Waals surface area (Å²) in [6.07, 6.45) is -4.80. The van der Waals surface area contributed by atoms with Crippen LogP contribution in [-0.4, -0.2) is 23.9 Å². The summed E-state index contributed by atoms with van der Waals surface area (Å²) in [5.74, 6) is -0.661. The molecule has 0 amide bonds. The van der Waals surface area contributed by atoms with E-state index >= 15 is 0 Å². The number of nitriles is 1. The number of halogens is 3. The van der Waals surface area contributed by atoms with E-state index in [1.165, 1.54) is 48.5 Å². The van der Waals surface area contributed by atoms with E-state index in [2.05, 4.69) is 9.72 Å². The number of aromatic nitrogens is 1. The molecule has 0 bridgehead atoms. The van der Waals surface area contributed by atoms with Crippen LogP contribution in [0, 0.1) is 11.3 Å². The van der Waals surface area contributed by atoms with Gasteiger partial charge in [0.25, 0.3) is 0 Å². The highest BCUT2D eigenvalue weighted by Gasteiger charge is 2.31. The fourth-order valence-electron chi connectivity index (χ4n) is 2.46. The van der Waals surface area contributed by atoms with Crippen molar-refractivity contribution in [1.29, 1.82) is 5.26 Å². The van der Waals surface area contributed by atoms with Crippen LogP contribution >= 0.6 is 0 Å². The highest BCUT2D eigenvalue weighted by Crippen LogP contribution is 2.30. The van der Waals surface area contributed by atoms with E-state index < -0.39 is 18.1 Å². The summed E-state index contributed by atoms with van der Waals surface area (Å²) in [5.41, 5.74) is 0.462. The standard InChI is InChI=1S/C22H15F3N2O5/c1-2-29-21(28)18-11-12-19(27-20(18)31-16-5-3-14(13-26)4-6-16)30-15-7-9-17(10-8-15)32-22(23,24)25/h3-12H,2H2,1H3. The fourth-order valence-corrected chi connectivity index (χ4v) is 2.46. The molecule has 3 aromatic rings. The second kappa shape index (κ2) is 9.70. The van der Waals surface area contributed by atoms with E-state index in [4.69, 9.17) is 19.5 Å². The van der Waals surface area contributed by atoms with Gasteiger partial charge in [-0.25, -0.2) is 4.79 Å². The Morgan fingerprint density at radius 1 is 0.938 bits per heavy atom. The summed E-state index contributed by atoms with van der Waals surface area (Å²) in [5, 5.41) is 8.90. The maximum atomic E-state index is 12.3. The van der Waals surface area contributed by atoms with Crippen molar-refractivity contribution >= 4 is 5.97 Å². The molecule has 0 spiro atoms. The molecule has 0 saturated carbocycles. The summed E-state index contributed by atoms with van der Waals surface area (Å²) < 4.78 is 56.9. The number of ether oxygens (including phenoxy) is 4. The molecule has 7 nitrogen and oxygen atoms in total. The Labute approximate surface area is 180 Å². The van der Waals surface area contributed by atoms with E-state index in [-0.39, 0.29) is 29.7 Å². The monoisotopic (exact) mass is 444 g/mol. The normalized spacial score (nSPS) is 10.7. The Kier molecular flexibility index (Phi) is 6.80. The highest BCUT2D eigenvalue weighted by atomic mass is 19.4. The number of hydrogen-bond donors (Lipinski definition) is 0. The van der Waals surface area contributed by atoms with Crippen molar-refractivity contribution in [1.82, 2.24) is 4.98 Å². The minimum Gasteiger partial charge on any atom is -0.462 e. The Morgan fingerprint density at radius 3 is 2.12 bits per heavy atom. The number of hydrogen-bond acceptors (Lipinski definition) is 7. The van der Waals surface area contributed by atoms with Gasteiger partial charge in [-0.1, -0.05) is 0 Å².